The van der Waals surface area contributed by atoms with Crippen molar-refractivity contribution in [2.24, 2.45) is 17.0 Å². The van der Waals surface area contributed by atoms with Crippen LogP contribution in [0.5, 0.6) is 11.5 Å². The summed E-state index contributed by atoms with van der Waals surface area (Å²) in [5, 5.41) is 26.8. The van der Waals surface area contributed by atoms with E-state index in [0.29, 0.717) is 22.5 Å². The Labute approximate surface area is 318 Å². The smallest absolute Gasteiger partial charge is 0.872 e. The van der Waals surface area contributed by atoms with Crippen molar-refractivity contribution >= 4 is 34.8 Å². The van der Waals surface area contributed by atoms with Gasteiger partial charge in [0.05, 0.1) is 28.7 Å². The molecule has 0 bridgehead atoms. The van der Waals surface area contributed by atoms with Crippen LogP contribution in [0.4, 0.5) is 11.4 Å². The number of aromatic nitrogens is 2. The van der Waals surface area contributed by atoms with Crippen molar-refractivity contribution in [3.8, 4) is 11.5 Å². The van der Waals surface area contributed by atoms with Crippen LogP contribution in [0.15, 0.2) is 89.1 Å². The summed E-state index contributed by atoms with van der Waals surface area (Å²) in [7, 11) is 2.00. The van der Waals surface area contributed by atoms with Crippen molar-refractivity contribution in [2.75, 3.05) is 0 Å². The summed E-state index contributed by atoms with van der Waals surface area (Å²) in [6, 6.07) is 23.6. The maximum absolute atomic E-state index is 13.4. The van der Waals surface area contributed by atoms with Gasteiger partial charge in [-0.3, -0.25) is 9.98 Å². The van der Waals surface area contributed by atoms with Crippen molar-refractivity contribution in [2.45, 2.75) is 105 Å². The third-order valence-electron chi connectivity index (χ3n) is 8.78. The summed E-state index contributed by atoms with van der Waals surface area (Å²) in [5.74, 6) is -0.00938. The molecule has 51 heavy (non-hydrogen) atoms. The van der Waals surface area contributed by atoms with E-state index in [4.69, 9.17) is 9.98 Å². The van der Waals surface area contributed by atoms with Crippen molar-refractivity contribution in [3.63, 3.8) is 0 Å². The molecule has 0 amide bonds. The van der Waals surface area contributed by atoms with Gasteiger partial charge >= 0.3 is 19.5 Å². The first kappa shape index (κ1) is 41.3. The average molecular weight is 736 g/mol. The van der Waals surface area contributed by atoms with Gasteiger partial charge in [0, 0.05) is 19.5 Å². The summed E-state index contributed by atoms with van der Waals surface area (Å²) in [6.07, 6.45) is 5.13. The summed E-state index contributed by atoms with van der Waals surface area (Å²) >= 11 is 0. The minimum atomic E-state index is -0.285. The Bertz CT molecular complexity index is 1920. The predicted molar refractivity (Wildman–Crippen MR) is 208 cm³/mol. The third kappa shape index (κ3) is 10.3. The fraction of sp³-hybridized carbons (Fsp3) is 0.386. The summed E-state index contributed by atoms with van der Waals surface area (Å²) in [6.45, 7) is 25.2. The van der Waals surface area contributed by atoms with Crippen LogP contribution in [0.1, 0.15) is 116 Å². The zero-order valence-corrected chi connectivity index (χ0v) is 35.9. The second-order valence-electron chi connectivity index (χ2n) is 17.2. The molecule has 264 valence electrons. The molecule has 0 aliphatic heterocycles. The first-order valence-electron chi connectivity index (χ1n) is 17.3. The number of hydrogen-bond acceptors (Lipinski definition) is 5. The van der Waals surface area contributed by atoms with Gasteiger partial charge in [-0.25, -0.2) is 4.98 Å². The summed E-state index contributed by atoms with van der Waals surface area (Å²) < 4.78 is 2.01. The standard InChI is InChI=1S/C36H48N2O2.C8H8N2.Zn/c1-33(2,3)25-17-23(31(39)27(19-25)35(7,8)9)21-37-29-15-13-14-16-30(29)38-22-24-18-26(34(4,5)6)20-28(32(24)40)36(10,11)12;1-10-6-9-7-4-2-3-5-8(7)10;/h13-22,39-40H,1-12H3;2-6H,1H3;/q;;+2/p-2. The average Bonchev–Trinajstić information content (AvgIpc) is 3.39. The van der Waals surface area contributed by atoms with E-state index in [1.807, 2.05) is 84.7 Å². The molecule has 0 spiro atoms. The van der Waals surface area contributed by atoms with Gasteiger partial charge in [-0.15, -0.1) is 0 Å². The van der Waals surface area contributed by atoms with Crippen LogP contribution in [0.3, 0.4) is 0 Å². The molecule has 0 saturated carbocycles. The molecule has 4 aromatic carbocycles. The van der Waals surface area contributed by atoms with E-state index in [1.54, 1.807) is 12.4 Å². The van der Waals surface area contributed by atoms with Crippen molar-refractivity contribution < 1.29 is 29.7 Å². The molecular formula is C44H54N4O2Zn. The molecule has 0 atom stereocenters. The molecule has 0 radical (unpaired) electrons. The number of aryl methyl sites for hydroxylation is 1. The monoisotopic (exact) mass is 734 g/mol. The number of nitrogens with zero attached hydrogens (tertiary/aromatic N) is 4. The quantitative estimate of drug-likeness (QED) is 0.136. The van der Waals surface area contributed by atoms with Crippen LogP contribution in [0, 0.1) is 0 Å². The SMILES string of the molecule is CC(C)(C)c1cc(C=Nc2ccccc2N=Cc2cc(C(C)(C)C)cc(C(C)(C)C)c2[O-])c([O-])c(C(C)(C)C)c1.Cn1cnc2ccccc21.[Zn+2]. The van der Waals surface area contributed by atoms with E-state index < -0.39 is 0 Å². The van der Waals surface area contributed by atoms with Crippen LogP contribution < -0.4 is 10.2 Å². The minimum Gasteiger partial charge on any atom is -0.872 e. The Balaban J connectivity index is 0.000000541. The predicted octanol–water partition coefficient (Wildman–Crippen LogP) is 10.1. The minimum absolute atomic E-state index is 0. The Kier molecular flexibility index (Phi) is 12.7. The Morgan fingerprint density at radius 2 is 0.961 bits per heavy atom. The maximum atomic E-state index is 13.4. The van der Waals surface area contributed by atoms with E-state index >= 15 is 0 Å². The molecule has 0 aliphatic rings. The fourth-order valence-corrected chi connectivity index (χ4v) is 5.52. The third-order valence-corrected chi connectivity index (χ3v) is 8.78. The van der Waals surface area contributed by atoms with E-state index in [9.17, 15) is 10.2 Å². The van der Waals surface area contributed by atoms with Gasteiger partial charge in [-0.1, -0.05) is 143 Å². The first-order chi connectivity index (χ1) is 23.1. The van der Waals surface area contributed by atoms with Gasteiger partial charge in [0.1, 0.15) is 0 Å². The topological polar surface area (TPSA) is 88.7 Å². The summed E-state index contributed by atoms with van der Waals surface area (Å²) in [5.41, 5.74) is 7.60. The zero-order chi connectivity index (χ0) is 37.2. The molecule has 7 heteroatoms. The Morgan fingerprint density at radius 1 is 0.569 bits per heavy atom. The van der Waals surface area contributed by atoms with E-state index in [0.717, 1.165) is 27.8 Å². The van der Waals surface area contributed by atoms with Crippen LogP contribution in [0.25, 0.3) is 11.0 Å². The van der Waals surface area contributed by atoms with Gasteiger partial charge in [0.25, 0.3) is 0 Å². The molecular weight excluding hydrogens is 682 g/mol. The number of hydrogen-bond donors (Lipinski definition) is 0. The van der Waals surface area contributed by atoms with Crippen molar-refractivity contribution in [1.29, 1.82) is 0 Å². The van der Waals surface area contributed by atoms with Crippen LogP contribution in [-0.2, 0) is 48.2 Å². The molecule has 1 aromatic heterocycles. The zero-order valence-electron chi connectivity index (χ0n) is 33.0. The van der Waals surface area contributed by atoms with Gasteiger partial charge in [-0.2, -0.15) is 0 Å². The van der Waals surface area contributed by atoms with Crippen molar-refractivity contribution in [1.82, 2.24) is 9.55 Å². The van der Waals surface area contributed by atoms with Crippen LogP contribution in [-0.4, -0.2) is 22.0 Å². The van der Waals surface area contributed by atoms with Crippen molar-refractivity contribution in [3.05, 3.63) is 113 Å². The molecule has 6 nitrogen and oxygen atoms in total. The largest absolute Gasteiger partial charge is 2.00 e. The number of imidazole rings is 1. The van der Waals surface area contributed by atoms with E-state index in [2.05, 4.69) is 94.1 Å². The number of aliphatic imine (C=N–C) groups is 2. The normalized spacial score (nSPS) is 12.6. The van der Waals surface area contributed by atoms with Gasteiger partial charge in [0.2, 0.25) is 0 Å². The first-order valence-corrected chi connectivity index (χ1v) is 17.3. The van der Waals surface area contributed by atoms with Gasteiger partial charge in [-0.05, 0) is 79.3 Å². The van der Waals surface area contributed by atoms with E-state index in [-0.39, 0.29) is 52.6 Å². The Morgan fingerprint density at radius 3 is 1.33 bits per heavy atom. The fourth-order valence-electron chi connectivity index (χ4n) is 5.52. The van der Waals surface area contributed by atoms with Gasteiger partial charge < -0.3 is 14.8 Å². The Hall–Kier alpha value is -4.09. The van der Waals surface area contributed by atoms with Crippen LogP contribution in [0.2, 0.25) is 0 Å². The molecule has 0 fully saturated rings. The number of para-hydroxylation sites is 4. The second-order valence-corrected chi connectivity index (χ2v) is 17.2. The molecule has 0 aliphatic carbocycles. The maximum Gasteiger partial charge on any atom is 2.00 e. The second kappa shape index (κ2) is 15.7. The van der Waals surface area contributed by atoms with Crippen LogP contribution >= 0.6 is 0 Å². The molecule has 0 saturated heterocycles. The number of rotatable bonds is 4. The molecule has 1 heterocycles. The molecule has 5 rings (SSSR count). The number of benzene rings is 4. The van der Waals surface area contributed by atoms with Gasteiger partial charge in [0.15, 0.2) is 0 Å². The van der Waals surface area contributed by atoms with E-state index in [1.165, 1.54) is 5.52 Å². The summed E-state index contributed by atoms with van der Waals surface area (Å²) in [4.78, 5) is 13.6. The number of fused-ring (bicyclic) bond motifs is 1. The molecule has 0 unspecified atom stereocenters. The molecule has 5 aromatic rings. The molecule has 0 N–H and O–H groups in total.